The third-order valence-corrected chi connectivity index (χ3v) is 4.23. The molecule has 1 saturated carbocycles. The molecule has 0 amide bonds. The normalized spacial score (nSPS) is 18.8. The van der Waals surface area contributed by atoms with Crippen LogP contribution in [0.4, 0.5) is 0 Å². The topological polar surface area (TPSA) is 83.0 Å². The number of esters is 1. The summed E-state index contributed by atoms with van der Waals surface area (Å²) in [4.78, 5) is 15.8. The first-order valence-electron chi connectivity index (χ1n) is 5.42. The molecule has 1 aliphatic rings. The van der Waals surface area contributed by atoms with Crippen LogP contribution < -0.4 is 5.73 Å². The Bertz CT molecular complexity index is 418. The average Bonchev–Trinajstić information content (AvgIpc) is 3.10. The molecule has 17 heavy (non-hydrogen) atoms. The molecule has 6 nitrogen and oxygen atoms in total. The van der Waals surface area contributed by atoms with Crippen LogP contribution >= 0.6 is 11.8 Å². The van der Waals surface area contributed by atoms with E-state index in [1.165, 1.54) is 25.2 Å². The summed E-state index contributed by atoms with van der Waals surface area (Å²) < 4.78 is 6.46. The van der Waals surface area contributed by atoms with Crippen LogP contribution in [0.15, 0.2) is 11.5 Å². The van der Waals surface area contributed by atoms with Crippen molar-refractivity contribution in [2.24, 2.45) is 18.7 Å². The lowest BCUT2D eigenvalue weighted by atomic mass is 9.97. The predicted octanol–water partition coefficient (Wildman–Crippen LogP) is 0.188. The second-order valence-corrected chi connectivity index (χ2v) is 5.20. The van der Waals surface area contributed by atoms with Crippen molar-refractivity contribution in [1.29, 1.82) is 0 Å². The van der Waals surface area contributed by atoms with E-state index in [2.05, 4.69) is 10.1 Å². The molecule has 1 fully saturated rings. The Hall–Kier alpha value is -1.08. The largest absolute Gasteiger partial charge is 0.468 e. The minimum atomic E-state index is -0.897. The standard InChI is InChI=1S/C10H16N4O2S/c1-14-9(12-6-13-14)17-5-10(11,7-3-4-7)8(15)16-2/h6-7H,3-5,11H2,1-2H3. The lowest BCUT2D eigenvalue weighted by molar-refractivity contribution is -0.146. The van der Waals surface area contributed by atoms with Crippen LogP contribution in [0.3, 0.4) is 0 Å². The van der Waals surface area contributed by atoms with Crippen molar-refractivity contribution in [1.82, 2.24) is 14.8 Å². The highest BCUT2D eigenvalue weighted by atomic mass is 32.2. The number of rotatable bonds is 5. The Morgan fingerprint density at radius 3 is 2.94 bits per heavy atom. The Balaban J connectivity index is 2.04. The zero-order chi connectivity index (χ0) is 12.5. The fraction of sp³-hybridized carbons (Fsp3) is 0.700. The second kappa shape index (κ2) is 4.66. The van der Waals surface area contributed by atoms with Crippen LogP contribution in [-0.2, 0) is 16.6 Å². The van der Waals surface area contributed by atoms with Crippen molar-refractivity contribution in [3.63, 3.8) is 0 Å². The van der Waals surface area contributed by atoms with Crippen LogP contribution in [0.2, 0.25) is 0 Å². The Kier molecular flexibility index (Phi) is 3.39. The van der Waals surface area contributed by atoms with Gasteiger partial charge in [-0.25, -0.2) is 9.67 Å². The van der Waals surface area contributed by atoms with Crippen molar-refractivity contribution in [2.45, 2.75) is 23.5 Å². The molecule has 0 bridgehead atoms. The van der Waals surface area contributed by atoms with Crippen LogP contribution in [0, 0.1) is 5.92 Å². The van der Waals surface area contributed by atoms with E-state index in [9.17, 15) is 4.79 Å². The molecule has 0 spiro atoms. The van der Waals surface area contributed by atoms with Crippen LogP contribution in [0.5, 0.6) is 0 Å². The lowest BCUT2D eigenvalue weighted by Crippen LogP contribution is -2.53. The minimum absolute atomic E-state index is 0.232. The zero-order valence-electron chi connectivity index (χ0n) is 9.92. The van der Waals surface area contributed by atoms with Gasteiger partial charge < -0.3 is 10.5 Å². The molecule has 1 heterocycles. The lowest BCUT2D eigenvalue weighted by Gasteiger charge is -2.25. The predicted molar refractivity (Wildman–Crippen MR) is 63.4 cm³/mol. The number of hydrogen-bond donors (Lipinski definition) is 1. The molecule has 0 aliphatic heterocycles. The molecule has 1 aromatic heterocycles. The van der Waals surface area contributed by atoms with Gasteiger partial charge in [0.15, 0.2) is 5.16 Å². The fourth-order valence-electron chi connectivity index (χ4n) is 1.73. The molecule has 1 atom stereocenters. The monoisotopic (exact) mass is 256 g/mol. The van der Waals surface area contributed by atoms with Crippen LogP contribution in [-0.4, -0.2) is 39.1 Å². The molecule has 94 valence electrons. The van der Waals surface area contributed by atoms with Gasteiger partial charge in [-0.3, -0.25) is 4.79 Å². The number of carbonyl (C=O) groups is 1. The van der Waals surface area contributed by atoms with E-state index in [4.69, 9.17) is 10.5 Å². The molecule has 0 radical (unpaired) electrons. The van der Waals surface area contributed by atoms with Crippen molar-refractivity contribution in [2.75, 3.05) is 12.9 Å². The molecule has 2 rings (SSSR count). The summed E-state index contributed by atoms with van der Waals surface area (Å²) in [5, 5.41) is 4.72. The van der Waals surface area contributed by atoms with Gasteiger partial charge in [-0.05, 0) is 18.8 Å². The van der Waals surface area contributed by atoms with Gasteiger partial charge in [-0.1, -0.05) is 11.8 Å². The highest BCUT2D eigenvalue weighted by Crippen LogP contribution is 2.41. The number of thioether (sulfide) groups is 1. The molecular formula is C10H16N4O2S. The number of methoxy groups -OCH3 is 1. The quantitative estimate of drug-likeness (QED) is 0.598. The maximum absolute atomic E-state index is 11.8. The van der Waals surface area contributed by atoms with Gasteiger partial charge in [0.1, 0.15) is 11.9 Å². The van der Waals surface area contributed by atoms with Gasteiger partial charge in [0.2, 0.25) is 0 Å². The number of nitrogens with zero attached hydrogens (tertiary/aromatic N) is 3. The molecule has 7 heteroatoms. The number of aryl methyl sites for hydroxylation is 1. The Labute approximate surface area is 104 Å². The van der Waals surface area contributed by atoms with Crippen LogP contribution in [0.1, 0.15) is 12.8 Å². The van der Waals surface area contributed by atoms with Crippen molar-refractivity contribution in [3.8, 4) is 0 Å². The number of ether oxygens (including phenoxy) is 1. The number of carbonyl (C=O) groups excluding carboxylic acids is 1. The SMILES string of the molecule is COC(=O)C(N)(CSc1ncnn1C)C1CC1. The highest BCUT2D eigenvalue weighted by Gasteiger charge is 2.49. The van der Waals surface area contributed by atoms with Crippen LogP contribution in [0.25, 0.3) is 0 Å². The third kappa shape index (κ3) is 2.44. The molecule has 1 unspecified atom stereocenters. The Morgan fingerprint density at radius 1 is 1.76 bits per heavy atom. The van der Waals surface area contributed by atoms with Gasteiger partial charge in [-0.2, -0.15) is 5.10 Å². The van der Waals surface area contributed by atoms with Gasteiger partial charge in [0, 0.05) is 12.8 Å². The number of hydrogen-bond acceptors (Lipinski definition) is 6. The van der Waals surface area contributed by atoms with E-state index >= 15 is 0 Å². The summed E-state index contributed by atoms with van der Waals surface area (Å²) in [7, 11) is 3.18. The van der Waals surface area contributed by atoms with Crippen molar-refractivity contribution in [3.05, 3.63) is 6.33 Å². The molecule has 1 aromatic rings. The number of nitrogens with two attached hydrogens (primary N) is 1. The molecule has 0 saturated heterocycles. The second-order valence-electron chi connectivity index (χ2n) is 4.26. The zero-order valence-corrected chi connectivity index (χ0v) is 10.7. The smallest absolute Gasteiger partial charge is 0.327 e. The first-order valence-corrected chi connectivity index (χ1v) is 6.40. The maximum atomic E-state index is 11.8. The molecule has 1 aliphatic carbocycles. The maximum Gasteiger partial charge on any atom is 0.327 e. The summed E-state index contributed by atoms with van der Waals surface area (Å²) in [6.07, 6.45) is 3.46. The molecule has 0 aromatic carbocycles. The van der Waals surface area contributed by atoms with E-state index in [1.54, 1.807) is 4.68 Å². The van der Waals surface area contributed by atoms with Gasteiger partial charge in [0.25, 0.3) is 0 Å². The van der Waals surface area contributed by atoms with E-state index in [0.29, 0.717) is 5.75 Å². The first kappa shape index (κ1) is 12.4. The van der Waals surface area contributed by atoms with E-state index in [-0.39, 0.29) is 11.9 Å². The molecular weight excluding hydrogens is 240 g/mol. The fourth-order valence-corrected chi connectivity index (χ4v) is 2.81. The molecule has 2 N–H and O–H groups in total. The number of aromatic nitrogens is 3. The van der Waals surface area contributed by atoms with Crippen molar-refractivity contribution >= 4 is 17.7 Å². The van der Waals surface area contributed by atoms with E-state index < -0.39 is 5.54 Å². The Morgan fingerprint density at radius 2 is 2.47 bits per heavy atom. The first-order chi connectivity index (χ1) is 8.08. The summed E-state index contributed by atoms with van der Waals surface area (Å²) in [6, 6.07) is 0. The average molecular weight is 256 g/mol. The summed E-state index contributed by atoms with van der Waals surface area (Å²) >= 11 is 1.44. The highest BCUT2D eigenvalue weighted by molar-refractivity contribution is 7.99. The third-order valence-electron chi connectivity index (χ3n) is 2.98. The summed E-state index contributed by atoms with van der Waals surface area (Å²) in [6.45, 7) is 0. The summed E-state index contributed by atoms with van der Waals surface area (Å²) in [5.74, 6) is 0.363. The van der Waals surface area contributed by atoms with Gasteiger partial charge >= 0.3 is 5.97 Å². The minimum Gasteiger partial charge on any atom is -0.468 e. The van der Waals surface area contributed by atoms with Gasteiger partial charge in [0.05, 0.1) is 7.11 Å². The van der Waals surface area contributed by atoms with E-state index in [1.807, 2.05) is 7.05 Å². The van der Waals surface area contributed by atoms with Gasteiger partial charge in [-0.15, -0.1) is 0 Å². The van der Waals surface area contributed by atoms with E-state index in [0.717, 1.165) is 18.0 Å². The van der Waals surface area contributed by atoms with Crippen molar-refractivity contribution < 1.29 is 9.53 Å². The summed E-state index contributed by atoms with van der Waals surface area (Å²) in [5.41, 5.74) is 5.27.